The van der Waals surface area contributed by atoms with Crippen molar-refractivity contribution < 1.29 is 22.4 Å². The van der Waals surface area contributed by atoms with Gasteiger partial charge in [-0.15, -0.1) is 0 Å². The van der Waals surface area contributed by atoms with E-state index >= 15 is 0 Å². The largest absolute Gasteiger partial charge is 0.416 e. The molecule has 1 heterocycles. The molecule has 1 amide bonds. The van der Waals surface area contributed by atoms with E-state index in [-0.39, 0.29) is 29.4 Å². The molecule has 150 valence electrons. The fourth-order valence-electron chi connectivity index (χ4n) is 3.19. The van der Waals surface area contributed by atoms with E-state index in [2.05, 4.69) is 10.4 Å². The first-order chi connectivity index (χ1) is 13.8. The van der Waals surface area contributed by atoms with Gasteiger partial charge in [-0.2, -0.15) is 18.3 Å². The van der Waals surface area contributed by atoms with Crippen LogP contribution < -0.4 is 5.32 Å². The minimum absolute atomic E-state index is 0.0944. The predicted molar refractivity (Wildman–Crippen MR) is 99.1 cm³/mol. The first kappa shape index (κ1) is 19.2. The minimum Gasteiger partial charge on any atom is -0.305 e. The van der Waals surface area contributed by atoms with Crippen LogP contribution in [0.5, 0.6) is 0 Å². The number of carbonyl (C=O) groups is 1. The molecular weight excluding hydrogens is 386 g/mol. The zero-order chi connectivity index (χ0) is 20.6. The van der Waals surface area contributed by atoms with Crippen molar-refractivity contribution in [3.05, 3.63) is 82.8 Å². The Morgan fingerprint density at radius 1 is 1.14 bits per heavy atom. The van der Waals surface area contributed by atoms with Crippen molar-refractivity contribution in [1.29, 1.82) is 0 Å². The molecule has 1 aliphatic rings. The lowest BCUT2D eigenvalue weighted by Crippen LogP contribution is -2.15. The maximum Gasteiger partial charge on any atom is 0.416 e. The van der Waals surface area contributed by atoms with Crippen LogP contribution in [0.3, 0.4) is 0 Å². The van der Waals surface area contributed by atoms with E-state index in [0.29, 0.717) is 5.56 Å². The van der Waals surface area contributed by atoms with Gasteiger partial charge in [0.05, 0.1) is 17.7 Å². The Bertz CT molecular complexity index is 1050. The fourth-order valence-corrected chi connectivity index (χ4v) is 3.19. The number of benzene rings is 2. The van der Waals surface area contributed by atoms with E-state index in [1.165, 1.54) is 47.3 Å². The van der Waals surface area contributed by atoms with Gasteiger partial charge in [0.25, 0.3) is 5.91 Å². The number of hydrogen-bond acceptors (Lipinski definition) is 2. The molecule has 0 unspecified atom stereocenters. The van der Waals surface area contributed by atoms with Crippen molar-refractivity contribution in [3.63, 3.8) is 0 Å². The van der Waals surface area contributed by atoms with Crippen molar-refractivity contribution in [2.75, 3.05) is 5.32 Å². The third-order valence-corrected chi connectivity index (χ3v) is 4.82. The third-order valence-electron chi connectivity index (χ3n) is 4.82. The summed E-state index contributed by atoms with van der Waals surface area (Å²) in [5.74, 6) is -1.01. The number of aromatic nitrogens is 2. The molecule has 1 N–H and O–H groups in total. The lowest BCUT2D eigenvalue weighted by Gasteiger charge is -2.14. The number of nitrogens with zero attached hydrogens (tertiary/aromatic N) is 2. The molecule has 4 nitrogen and oxygen atoms in total. The lowest BCUT2D eigenvalue weighted by atomic mass is 10.0. The highest BCUT2D eigenvalue weighted by molar-refractivity contribution is 6.03. The highest BCUT2D eigenvalue weighted by Gasteiger charge is 2.35. The number of nitrogens with one attached hydrogen (secondary N) is 1. The summed E-state index contributed by atoms with van der Waals surface area (Å²) in [6, 6.07) is 11.4. The van der Waals surface area contributed by atoms with Crippen LogP contribution in [-0.4, -0.2) is 15.7 Å². The highest BCUT2D eigenvalue weighted by atomic mass is 19.4. The topological polar surface area (TPSA) is 46.9 Å². The first-order valence-corrected chi connectivity index (χ1v) is 9.10. The van der Waals surface area contributed by atoms with E-state index in [0.717, 1.165) is 18.9 Å². The van der Waals surface area contributed by atoms with E-state index < -0.39 is 23.5 Å². The molecule has 0 spiro atoms. The molecule has 8 heteroatoms. The molecule has 2 aromatic carbocycles. The van der Waals surface area contributed by atoms with Crippen LogP contribution in [0.15, 0.2) is 54.7 Å². The van der Waals surface area contributed by atoms with Crippen LogP contribution in [0.1, 0.15) is 45.8 Å². The van der Waals surface area contributed by atoms with Gasteiger partial charge < -0.3 is 5.32 Å². The summed E-state index contributed by atoms with van der Waals surface area (Å²) in [6.45, 7) is -0.102. The standard InChI is InChI=1S/C21H17F4N3O/c22-18-4-2-1-3-16(18)20(29)26-19-9-10-28(27-19)12-15-8-7-14(13-5-6-13)11-17(15)21(23,24)25/h1-4,7-11,13H,5-6,12H2,(H,26,27,29). The van der Waals surface area contributed by atoms with Crippen LogP contribution in [0.2, 0.25) is 0 Å². The molecule has 1 aliphatic carbocycles. The second kappa shape index (κ2) is 7.35. The Morgan fingerprint density at radius 3 is 2.59 bits per heavy atom. The van der Waals surface area contributed by atoms with E-state index in [9.17, 15) is 22.4 Å². The molecule has 0 aliphatic heterocycles. The van der Waals surface area contributed by atoms with Crippen LogP contribution in [0, 0.1) is 5.82 Å². The van der Waals surface area contributed by atoms with Gasteiger partial charge in [0.1, 0.15) is 5.82 Å². The zero-order valence-electron chi connectivity index (χ0n) is 15.2. The summed E-state index contributed by atoms with van der Waals surface area (Å²) in [5.41, 5.74) is -0.0113. The molecule has 1 saturated carbocycles. The Kier molecular flexibility index (Phi) is 4.86. The maximum absolute atomic E-state index is 13.7. The van der Waals surface area contributed by atoms with Crippen LogP contribution in [0.4, 0.5) is 23.4 Å². The SMILES string of the molecule is O=C(Nc1ccn(Cc2ccc(C3CC3)cc2C(F)(F)F)n1)c1ccccc1F. The summed E-state index contributed by atoms with van der Waals surface area (Å²) >= 11 is 0. The van der Waals surface area contributed by atoms with Crippen LogP contribution in [0.25, 0.3) is 0 Å². The normalized spacial score (nSPS) is 14.1. The second-order valence-corrected chi connectivity index (χ2v) is 7.02. The molecule has 0 saturated heterocycles. The number of anilines is 1. The molecule has 0 atom stereocenters. The summed E-state index contributed by atoms with van der Waals surface area (Å²) < 4.78 is 55.5. The molecule has 0 radical (unpaired) electrons. The summed E-state index contributed by atoms with van der Waals surface area (Å²) in [4.78, 5) is 12.1. The summed E-state index contributed by atoms with van der Waals surface area (Å²) in [7, 11) is 0. The van der Waals surface area contributed by atoms with Gasteiger partial charge in [0.2, 0.25) is 0 Å². The van der Waals surface area contributed by atoms with E-state index in [1.54, 1.807) is 6.07 Å². The maximum atomic E-state index is 13.7. The second-order valence-electron chi connectivity index (χ2n) is 7.02. The Hall–Kier alpha value is -3.16. The smallest absolute Gasteiger partial charge is 0.305 e. The fraction of sp³-hybridized carbons (Fsp3) is 0.238. The van der Waals surface area contributed by atoms with Crippen molar-refractivity contribution in [2.24, 2.45) is 0 Å². The molecular formula is C21H17F4N3O. The number of rotatable bonds is 5. The Morgan fingerprint density at radius 2 is 1.90 bits per heavy atom. The van der Waals surface area contributed by atoms with Crippen LogP contribution >= 0.6 is 0 Å². The van der Waals surface area contributed by atoms with E-state index in [4.69, 9.17) is 0 Å². The van der Waals surface area contributed by atoms with Gasteiger partial charge >= 0.3 is 6.18 Å². The molecule has 4 rings (SSSR count). The van der Waals surface area contributed by atoms with Crippen molar-refractivity contribution >= 4 is 11.7 Å². The molecule has 29 heavy (non-hydrogen) atoms. The first-order valence-electron chi connectivity index (χ1n) is 9.10. The Labute approximate surface area is 164 Å². The van der Waals surface area contributed by atoms with Crippen molar-refractivity contribution in [3.8, 4) is 0 Å². The average molecular weight is 403 g/mol. The van der Waals surface area contributed by atoms with Gasteiger partial charge in [-0.05, 0) is 48.1 Å². The van der Waals surface area contributed by atoms with Crippen molar-refractivity contribution in [2.45, 2.75) is 31.5 Å². The average Bonchev–Trinajstić information content (AvgIpc) is 3.43. The quantitative estimate of drug-likeness (QED) is 0.594. The van der Waals surface area contributed by atoms with Gasteiger partial charge in [-0.3, -0.25) is 9.48 Å². The lowest BCUT2D eigenvalue weighted by molar-refractivity contribution is -0.138. The minimum atomic E-state index is -4.46. The van der Waals surface area contributed by atoms with E-state index in [1.807, 2.05) is 0 Å². The number of amides is 1. The zero-order valence-corrected chi connectivity index (χ0v) is 15.2. The number of carbonyl (C=O) groups excluding carboxylic acids is 1. The van der Waals surface area contributed by atoms with Crippen molar-refractivity contribution in [1.82, 2.24) is 9.78 Å². The summed E-state index contributed by atoms with van der Waals surface area (Å²) in [5, 5.41) is 6.54. The summed E-state index contributed by atoms with van der Waals surface area (Å²) in [6.07, 6.45) is -1.16. The Balaban J connectivity index is 1.52. The third kappa shape index (κ3) is 4.31. The van der Waals surface area contributed by atoms with Gasteiger partial charge in [-0.25, -0.2) is 4.39 Å². The van der Waals surface area contributed by atoms with Gasteiger partial charge in [-0.1, -0.05) is 24.3 Å². The van der Waals surface area contributed by atoms with Gasteiger partial charge in [0, 0.05) is 12.3 Å². The monoisotopic (exact) mass is 403 g/mol. The number of alkyl halides is 3. The van der Waals surface area contributed by atoms with Gasteiger partial charge in [0.15, 0.2) is 5.82 Å². The molecule has 0 bridgehead atoms. The predicted octanol–water partition coefficient (Wildman–Crippen LogP) is 5.22. The van der Waals surface area contributed by atoms with Crippen LogP contribution in [-0.2, 0) is 12.7 Å². The highest BCUT2D eigenvalue weighted by Crippen LogP contribution is 2.42. The molecule has 1 aromatic heterocycles. The number of hydrogen-bond donors (Lipinski definition) is 1. The number of halogens is 4. The molecule has 1 fully saturated rings. The molecule has 3 aromatic rings.